The summed E-state index contributed by atoms with van der Waals surface area (Å²) in [7, 11) is 0. The Morgan fingerprint density at radius 3 is 2.71 bits per heavy atom. The van der Waals surface area contributed by atoms with Crippen molar-refractivity contribution in [2.45, 2.75) is 23.8 Å². The molecule has 2 heterocycles. The van der Waals surface area contributed by atoms with Crippen LogP contribution in [0.15, 0.2) is 40.5 Å². The van der Waals surface area contributed by atoms with E-state index in [2.05, 4.69) is 20.3 Å². The Labute approximate surface area is 105 Å². The maximum absolute atomic E-state index is 4.40. The molecule has 1 N–H and O–H groups in total. The van der Waals surface area contributed by atoms with Crippen molar-refractivity contribution in [2.24, 2.45) is 0 Å². The van der Waals surface area contributed by atoms with Crippen LogP contribution in [-0.2, 0) is 0 Å². The highest BCUT2D eigenvalue weighted by molar-refractivity contribution is 7.99. The molecular formula is C12H14N4S. The number of pyridine rings is 1. The van der Waals surface area contributed by atoms with Crippen LogP contribution in [0.3, 0.4) is 0 Å². The number of aryl methyl sites for hydroxylation is 1. The SMILES string of the molecule is CCNc1cc(Sc2ccncc2)nc(C)n1. The quantitative estimate of drug-likeness (QED) is 0.841. The van der Waals surface area contributed by atoms with E-state index < -0.39 is 0 Å². The highest BCUT2D eigenvalue weighted by Crippen LogP contribution is 2.26. The fourth-order valence-electron chi connectivity index (χ4n) is 1.39. The number of aromatic nitrogens is 3. The largest absolute Gasteiger partial charge is 0.370 e. The molecule has 17 heavy (non-hydrogen) atoms. The van der Waals surface area contributed by atoms with E-state index in [1.54, 1.807) is 24.2 Å². The van der Waals surface area contributed by atoms with Crippen molar-refractivity contribution in [2.75, 3.05) is 11.9 Å². The third kappa shape index (κ3) is 3.42. The Hall–Kier alpha value is -1.62. The molecular weight excluding hydrogens is 232 g/mol. The zero-order valence-electron chi connectivity index (χ0n) is 9.84. The second-order valence-electron chi connectivity index (χ2n) is 3.45. The first-order chi connectivity index (χ1) is 8.28. The van der Waals surface area contributed by atoms with E-state index in [9.17, 15) is 0 Å². The summed E-state index contributed by atoms with van der Waals surface area (Å²) in [5.41, 5.74) is 0. The van der Waals surface area contributed by atoms with E-state index in [-0.39, 0.29) is 0 Å². The predicted molar refractivity (Wildman–Crippen MR) is 69.3 cm³/mol. The molecule has 88 valence electrons. The lowest BCUT2D eigenvalue weighted by Gasteiger charge is -2.06. The van der Waals surface area contributed by atoms with Gasteiger partial charge in [-0.25, -0.2) is 9.97 Å². The number of hydrogen-bond donors (Lipinski definition) is 1. The van der Waals surface area contributed by atoms with Gasteiger partial charge < -0.3 is 5.32 Å². The summed E-state index contributed by atoms with van der Waals surface area (Å²) in [5.74, 6) is 1.65. The van der Waals surface area contributed by atoms with Crippen molar-refractivity contribution >= 4 is 17.6 Å². The van der Waals surface area contributed by atoms with Gasteiger partial charge in [0.15, 0.2) is 0 Å². The van der Waals surface area contributed by atoms with Crippen LogP contribution in [0.4, 0.5) is 5.82 Å². The van der Waals surface area contributed by atoms with Gasteiger partial charge in [0, 0.05) is 29.9 Å². The highest BCUT2D eigenvalue weighted by atomic mass is 32.2. The molecule has 0 saturated heterocycles. The Bertz CT molecular complexity index is 487. The monoisotopic (exact) mass is 246 g/mol. The van der Waals surface area contributed by atoms with Crippen LogP contribution in [-0.4, -0.2) is 21.5 Å². The Balaban J connectivity index is 2.21. The molecule has 0 atom stereocenters. The molecule has 2 aromatic rings. The summed E-state index contributed by atoms with van der Waals surface area (Å²) in [6.45, 7) is 4.81. The smallest absolute Gasteiger partial charge is 0.130 e. The van der Waals surface area contributed by atoms with E-state index in [0.717, 1.165) is 28.1 Å². The highest BCUT2D eigenvalue weighted by Gasteiger charge is 2.03. The van der Waals surface area contributed by atoms with Crippen LogP contribution in [0.1, 0.15) is 12.7 Å². The van der Waals surface area contributed by atoms with Gasteiger partial charge in [-0.1, -0.05) is 11.8 Å². The molecule has 0 bridgehead atoms. The molecule has 0 amide bonds. The minimum absolute atomic E-state index is 0.778. The Kier molecular flexibility index (Phi) is 3.93. The first kappa shape index (κ1) is 11.9. The van der Waals surface area contributed by atoms with E-state index in [1.165, 1.54) is 0 Å². The van der Waals surface area contributed by atoms with Gasteiger partial charge in [0.05, 0.1) is 0 Å². The molecule has 0 aromatic carbocycles. The molecule has 4 nitrogen and oxygen atoms in total. The zero-order chi connectivity index (χ0) is 12.1. The van der Waals surface area contributed by atoms with Crippen LogP contribution in [0.5, 0.6) is 0 Å². The first-order valence-electron chi connectivity index (χ1n) is 5.45. The Morgan fingerprint density at radius 1 is 1.24 bits per heavy atom. The van der Waals surface area contributed by atoms with E-state index >= 15 is 0 Å². The van der Waals surface area contributed by atoms with Gasteiger partial charge in [-0.15, -0.1) is 0 Å². The number of anilines is 1. The van der Waals surface area contributed by atoms with Gasteiger partial charge in [0.2, 0.25) is 0 Å². The lowest BCUT2D eigenvalue weighted by Crippen LogP contribution is -2.02. The third-order valence-corrected chi connectivity index (χ3v) is 2.97. The summed E-state index contributed by atoms with van der Waals surface area (Å²) in [4.78, 5) is 13.8. The van der Waals surface area contributed by atoms with Gasteiger partial charge >= 0.3 is 0 Å². The predicted octanol–water partition coefficient (Wildman–Crippen LogP) is 2.76. The number of nitrogens with zero attached hydrogens (tertiary/aromatic N) is 3. The second kappa shape index (κ2) is 5.63. The maximum atomic E-state index is 4.40. The van der Waals surface area contributed by atoms with Crippen molar-refractivity contribution in [1.82, 2.24) is 15.0 Å². The van der Waals surface area contributed by atoms with E-state index in [0.29, 0.717) is 0 Å². The van der Waals surface area contributed by atoms with Crippen LogP contribution < -0.4 is 5.32 Å². The lowest BCUT2D eigenvalue weighted by molar-refractivity contribution is 0.960. The summed E-state index contributed by atoms with van der Waals surface area (Å²) < 4.78 is 0. The first-order valence-corrected chi connectivity index (χ1v) is 6.27. The molecule has 0 aliphatic heterocycles. The van der Waals surface area contributed by atoms with Crippen LogP contribution in [0.25, 0.3) is 0 Å². The molecule has 0 aliphatic rings. The van der Waals surface area contributed by atoms with Gasteiger partial charge in [-0.05, 0) is 26.0 Å². The standard InChI is InChI=1S/C12H14N4S/c1-3-14-11-8-12(16-9(2)15-11)17-10-4-6-13-7-5-10/h4-8H,3H2,1-2H3,(H,14,15,16). The van der Waals surface area contributed by atoms with Crippen molar-refractivity contribution in [3.05, 3.63) is 36.4 Å². The molecule has 0 unspecified atom stereocenters. The van der Waals surface area contributed by atoms with Crippen LogP contribution in [0, 0.1) is 6.92 Å². The molecule has 0 radical (unpaired) electrons. The molecule has 2 aromatic heterocycles. The maximum Gasteiger partial charge on any atom is 0.130 e. The third-order valence-electron chi connectivity index (χ3n) is 2.04. The Morgan fingerprint density at radius 2 is 2.00 bits per heavy atom. The topological polar surface area (TPSA) is 50.7 Å². The average molecular weight is 246 g/mol. The molecule has 0 aliphatic carbocycles. The van der Waals surface area contributed by atoms with Crippen LogP contribution in [0.2, 0.25) is 0 Å². The van der Waals surface area contributed by atoms with E-state index in [4.69, 9.17) is 0 Å². The summed E-state index contributed by atoms with van der Waals surface area (Å²) in [5, 5.41) is 4.14. The van der Waals surface area contributed by atoms with E-state index in [1.807, 2.05) is 32.0 Å². The minimum Gasteiger partial charge on any atom is -0.370 e. The molecule has 5 heteroatoms. The number of hydrogen-bond acceptors (Lipinski definition) is 5. The minimum atomic E-state index is 0.778. The van der Waals surface area contributed by atoms with Crippen LogP contribution >= 0.6 is 11.8 Å². The zero-order valence-corrected chi connectivity index (χ0v) is 10.7. The van der Waals surface area contributed by atoms with Crippen molar-refractivity contribution in [3.8, 4) is 0 Å². The molecule has 0 saturated carbocycles. The average Bonchev–Trinajstić information content (AvgIpc) is 2.30. The molecule has 0 fully saturated rings. The number of rotatable bonds is 4. The summed E-state index contributed by atoms with van der Waals surface area (Å²) in [6.07, 6.45) is 3.56. The summed E-state index contributed by atoms with van der Waals surface area (Å²) in [6, 6.07) is 5.89. The van der Waals surface area contributed by atoms with Crippen molar-refractivity contribution in [3.63, 3.8) is 0 Å². The normalized spacial score (nSPS) is 10.2. The lowest BCUT2D eigenvalue weighted by atomic mass is 10.5. The van der Waals surface area contributed by atoms with Gasteiger partial charge in [-0.2, -0.15) is 0 Å². The second-order valence-corrected chi connectivity index (χ2v) is 4.55. The van der Waals surface area contributed by atoms with Crippen molar-refractivity contribution < 1.29 is 0 Å². The summed E-state index contributed by atoms with van der Waals surface area (Å²) >= 11 is 1.61. The fourth-order valence-corrected chi connectivity index (χ4v) is 2.24. The van der Waals surface area contributed by atoms with Gasteiger partial charge in [0.1, 0.15) is 16.7 Å². The van der Waals surface area contributed by atoms with Gasteiger partial charge in [0.25, 0.3) is 0 Å². The number of nitrogens with one attached hydrogen (secondary N) is 1. The van der Waals surface area contributed by atoms with Gasteiger partial charge in [-0.3, -0.25) is 4.98 Å². The fraction of sp³-hybridized carbons (Fsp3) is 0.250. The molecule has 0 spiro atoms. The van der Waals surface area contributed by atoms with Crippen molar-refractivity contribution in [1.29, 1.82) is 0 Å². The molecule has 2 rings (SSSR count).